The van der Waals surface area contributed by atoms with Crippen LogP contribution >= 0.6 is 0 Å². The summed E-state index contributed by atoms with van der Waals surface area (Å²) in [5.74, 6) is 1.49. The maximum atomic E-state index is 5.60. The van der Waals surface area contributed by atoms with Crippen LogP contribution in [0, 0.1) is 5.92 Å². The fourth-order valence-electron chi connectivity index (χ4n) is 2.83. The lowest BCUT2D eigenvalue weighted by atomic mass is 9.98. The normalized spacial score (nSPS) is 17.6. The highest BCUT2D eigenvalue weighted by Gasteiger charge is 2.27. The predicted molar refractivity (Wildman–Crippen MR) is 99.1 cm³/mol. The fraction of sp³-hybridized carbons (Fsp3) is 0.944. The van der Waals surface area contributed by atoms with Crippen LogP contribution in [-0.4, -0.2) is 62.8 Å². The Labute approximate surface area is 143 Å². The van der Waals surface area contributed by atoms with Crippen molar-refractivity contribution >= 4 is 5.96 Å². The molecule has 2 N–H and O–H groups in total. The van der Waals surface area contributed by atoms with E-state index in [1.54, 1.807) is 0 Å². The maximum absolute atomic E-state index is 5.60. The molecule has 0 aromatic heterocycles. The van der Waals surface area contributed by atoms with Gasteiger partial charge < -0.3 is 15.4 Å². The number of nitrogens with one attached hydrogen (secondary N) is 2. The molecule has 0 aromatic carbocycles. The van der Waals surface area contributed by atoms with E-state index in [0.717, 1.165) is 38.7 Å². The van der Waals surface area contributed by atoms with Crippen LogP contribution in [0.25, 0.3) is 0 Å². The Bertz CT molecular complexity index is 336. The molecular formula is C18H38N4O. The molecule has 0 saturated carbocycles. The van der Waals surface area contributed by atoms with Gasteiger partial charge in [-0.25, -0.2) is 0 Å². The molecule has 1 rings (SSSR count). The van der Waals surface area contributed by atoms with Gasteiger partial charge in [0.2, 0.25) is 0 Å². The molecule has 5 nitrogen and oxygen atoms in total. The van der Waals surface area contributed by atoms with E-state index < -0.39 is 0 Å². The van der Waals surface area contributed by atoms with E-state index in [9.17, 15) is 0 Å². The number of guanidine groups is 1. The standard InChI is InChI=1S/C18H38N4O/c1-16(2)14-23-13-9-10-20-17(19-5)21-15-18(3,4)22-11-7-6-8-12-22/h16H,6-15H2,1-5H3,(H2,19,20,21). The van der Waals surface area contributed by atoms with Crippen molar-refractivity contribution in [2.24, 2.45) is 10.9 Å². The van der Waals surface area contributed by atoms with E-state index in [1.165, 1.54) is 32.4 Å². The van der Waals surface area contributed by atoms with Crippen molar-refractivity contribution in [1.82, 2.24) is 15.5 Å². The van der Waals surface area contributed by atoms with Crippen molar-refractivity contribution in [2.45, 2.75) is 58.9 Å². The number of ether oxygens (including phenoxy) is 1. The molecule has 1 saturated heterocycles. The van der Waals surface area contributed by atoms with Gasteiger partial charge in [-0.1, -0.05) is 20.3 Å². The third-order valence-electron chi connectivity index (χ3n) is 4.33. The summed E-state index contributed by atoms with van der Waals surface area (Å²) in [7, 11) is 1.83. The van der Waals surface area contributed by atoms with Gasteiger partial charge in [-0.3, -0.25) is 9.89 Å². The summed E-state index contributed by atoms with van der Waals surface area (Å²) in [6.45, 7) is 14.9. The first-order valence-electron chi connectivity index (χ1n) is 9.23. The second-order valence-electron chi connectivity index (χ2n) is 7.54. The molecule has 136 valence electrons. The summed E-state index contributed by atoms with van der Waals surface area (Å²) < 4.78 is 5.60. The average Bonchev–Trinajstić information content (AvgIpc) is 2.54. The highest BCUT2D eigenvalue weighted by atomic mass is 16.5. The van der Waals surface area contributed by atoms with Crippen LogP contribution in [-0.2, 0) is 4.74 Å². The lowest BCUT2D eigenvalue weighted by molar-refractivity contribution is 0.0981. The molecule has 0 aliphatic carbocycles. The Morgan fingerprint density at radius 1 is 1.17 bits per heavy atom. The van der Waals surface area contributed by atoms with Crippen molar-refractivity contribution in [3.05, 3.63) is 0 Å². The smallest absolute Gasteiger partial charge is 0.191 e. The van der Waals surface area contributed by atoms with E-state index in [0.29, 0.717) is 5.92 Å². The molecule has 0 unspecified atom stereocenters. The van der Waals surface area contributed by atoms with Crippen LogP contribution in [0.3, 0.4) is 0 Å². The van der Waals surface area contributed by atoms with Crippen LogP contribution in [0.15, 0.2) is 4.99 Å². The predicted octanol–water partition coefficient (Wildman–Crippen LogP) is 2.48. The zero-order chi connectivity index (χ0) is 17.1. The first-order valence-corrected chi connectivity index (χ1v) is 9.23. The first kappa shape index (κ1) is 20.2. The Morgan fingerprint density at radius 3 is 2.48 bits per heavy atom. The monoisotopic (exact) mass is 326 g/mol. The Hall–Kier alpha value is -0.810. The number of likely N-dealkylation sites (tertiary alicyclic amines) is 1. The molecule has 1 heterocycles. The number of nitrogens with zero attached hydrogens (tertiary/aromatic N) is 2. The summed E-state index contributed by atoms with van der Waals surface area (Å²) in [4.78, 5) is 6.91. The van der Waals surface area contributed by atoms with E-state index in [1.807, 2.05) is 7.05 Å². The summed E-state index contributed by atoms with van der Waals surface area (Å²) >= 11 is 0. The minimum atomic E-state index is 0.165. The Kier molecular flexibility index (Phi) is 9.56. The third-order valence-corrected chi connectivity index (χ3v) is 4.33. The van der Waals surface area contributed by atoms with Crippen molar-refractivity contribution in [3.8, 4) is 0 Å². The summed E-state index contributed by atoms with van der Waals surface area (Å²) in [5, 5.41) is 6.85. The van der Waals surface area contributed by atoms with Crippen molar-refractivity contribution in [2.75, 3.05) is 46.4 Å². The van der Waals surface area contributed by atoms with Crippen LogP contribution in [0.5, 0.6) is 0 Å². The highest BCUT2D eigenvalue weighted by Crippen LogP contribution is 2.19. The first-order chi connectivity index (χ1) is 11.0. The number of hydrogen-bond acceptors (Lipinski definition) is 3. The van der Waals surface area contributed by atoms with E-state index in [2.05, 4.69) is 48.2 Å². The average molecular weight is 327 g/mol. The SMILES string of the molecule is CN=C(NCCCOCC(C)C)NCC(C)(C)N1CCCCC1. The molecule has 0 bridgehead atoms. The lowest BCUT2D eigenvalue weighted by Crippen LogP contribution is -2.54. The Balaban J connectivity index is 2.20. The van der Waals surface area contributed by atoms with Crippen LogP contribution in [0.2, 0.25) is 0 Å². The highest BCUT2D eigenvalue weighted by molar-refractivity contribution is 5.79. The molecule has 1 aliphatic heterocycles. The molecule has 1 fully saturated rings. The molecular weight excluding hydrogens is 288 g/mol. The summed E-state index contributed by atoms with van der Waals surface area (Å²) in [5.41, 5.74) is 0.165. The molecule has 23 heavy (non-hydrogen) atoms. The number of rotatable bonds is 9. The van der Waals surface area contributed by atoms with Gasteiger partial charge in [-0.2, -0.15) is 0 Å². The van der Waals surface area contributed by atoms with Gasteiger partial charge in [0, 0.05) is 38.9 Å². The van der Waals surface area contributed by atoms with Crippen molar-refractivity contribution < 1.29 is 4.74 Å². The van der Waals surface area contributed by atoms with Crippen LogP contribution in [0.4, 0.5) is 0 Å². The number of piperidine rings is 1. The van der Waals surface area contributed by atoms with Crippen LogP contribution < -0.4 is 10.6 Å². The summed E-state index contributed by atoms with van der Waals surface area (Å²) in [6, 6.07) is 0. The Morgan fingerprint density at radius 2 is 1.87 bits per heavy atom. The third kappa shape index (κ3) is 8.56. The zero-order valence-electron chi connectivity index (χ0n) is 16.0. The van der Waals surface area contributed by atoms with Gasteiger partial charge in [0.05, 0.1) is 0 Å². The minimum Gasteiger partial charge on any atom is -0.381 e. The van der Waals surface area contributed by atoms with Gasteiger partial charge in [0.1, 0.15) is 0 Å². The van der Waals surface area contributed by atoms with E-state index >= 15 is 0 Å². The maximum Gasteiger partial charge on any atom is 0.191 e. The molecule has 1 aliphatic rings. The van der Waals surface area contributed by atoms with E-state index in [4.69, 9.17) is 4.74 Å². The largest absolute Gasteiger partial charge is 0.381 e. The van der Waals surface area contributed by atoms with Crippen molar-refractivity contribution in [3.63, 3.8) is 0 Å². The quantitative estimate of drug-likeness (QED) is 0.388. The molecule has 0 atom stereocenters. The second-order valence-corrected chi connectivity index (χ2v) is 7.54. The fourth-order valence-corrected chi connectivity index (χ4v) is 2.83. The minimum absolute atomic E-state index is 0.165. The van der Waals surface area contributed by atoms with Gasteiger partial charge in [-0.05, 0) is 52.1 Å². The van der Waals surface area contributed by atoms with Crippen LogP contribution in [0.1, 0.15) is 53.4 Å². The lowest BCUT2D eigenvalue weighted by Gasteiger charge is -2.41. The van der Waals surface area contributed by atoms with Gasteiger partial charge in [0.15, 0.2) is 5.96 Å². The van der Waals surface area contributed by atoms with Gasteiger partial charge in [0.25, 0.3) is 0 Å². The number of hydrogen-bond donors (Lipinski definition) is 2. The summed E-state index contributed by atoms with van der Waals surface area (Å²) in [6.07, 6.45) is 5.03. The molecule has 0 radical (unpaired) electrons. The number of aliphatic imine (C=N–C) groups is 1. The molecule has 5 heteroatoms. The molecule has 0 aromatic rings. The zero-order valence-corrected chi connectivity index (χ0v) is 16.0. The second kappa shape index (κ2) is 10.9. The molecule has 0 spiro atoms. The van der Waals surface area contributed by atoms with Gasteiger partial charge >= 0.3 is 0 Å². The molecule has 0 amide bonds. The van der Waals surface area contributed by atoms with Crippen molar-refractivity contribution in [1.29, 1.82) is 0 Å². The van der Waals surface area contributed by atoms with E-state index in [-0.39, 0.29) is 5.54 Å². The topological polar surface area (TPSA) is 48.9 Å². The van der Waals surface area contributed by atoms with Gasteiger partial charge in [-0.15, -0.1) is 0 Å².